The van der Waals surface area contributed by atoms with Gasteiger partial charge >= 0.3 is 0 Å². The number of amides is 2. The third kappa shape index (κ3) is 3.68. The zero-order valence-corrected chi connectivity index (χ0v) is 12.2. The Morgan fingerprint density at radius 3 is 2.14 bits per heavy atom. The highest BCUT2D eigenvalue weighted by Crippen LogP contribution is 2.15. The second-order valence-corrected chi connectivity index (χ2v) is 5.08. The maximum Gasteiger partial charge on any atom is 0.259 e. The molecule has 0 saturated heterocycles. The molecule has 0 atom stereocenters. The average molecular weight is 286 g/mol. The molecule has 2 amide bonds. The van der Waals surface area contributed by atoms with Crippen LogP contribution in [0.2, 0.25) is 0 Å². The topological polar surface area (TPSA) is 86.9 Å². The molecule has 0 fully saturated rings. The van der Waals surface area contributed by atoms with E-state index in [4.69, 9.17) is 0 Å². The van der Waals surface area contributed by atoms with Gasteiger partial charge in [0.15, 0.2) is 0 Å². The minimum Gasteiger partial charge on any atom is -0.326 e. The number of H-pyrrole nitrogens is 1. The first-order chi connectivity index (χ1) is 9.97. The smallest absolute Gasteiger partial charge is 0.259 e. The van der Waals surface area contributed by atoms with Crippen LogP contribution in [0.1, 0.15) is 29.9 Å². The Hall–Kier alpha value is -2.63. The van der Waals surface area contributed by atoms with Crippen LogP contribution in [-0.4, -0.2) is 22.0 Å². The SMILES string of the molecule is Cc1[nH]ncc1C(=O)Nc1ccc(NC(=O)C(C)C)cc1. The lowest BCUT2D eigenvalue weighted by molar-refractivity contribution is -0.118. The molecule has 6 heteroatoms. The molecule has 21 heavy (non-hydrogen) atoms. The van der Waals surface area contributed by atoms with Crippen molar-refractivity contribution in [2.75, 3.05) is 10.6 Å². The van der Waals surface area contributed by atoms with E-state index in [1.807, 2.05) is 13.8 Å². The standard InChI is InChI=1S/C15H18N4O2/c1-9(2)14(20)17-11-4-6-12(7-5-11)18-15(21)13-8-16-19-10(13)3/h4-9H,1-3H3,(H,16,19)(H,17,20)(H,18,21). The Morgan fingerprint density at radius 2 is 1.67 bits per heavy atom. The molecule has 1 aromatic carbocycles. The Kier molecular flexibility index (Phi) is 4.37. The number of benzene rings is 1. The number of nitrogens with zero attached hydrogens (tertiary/aromatic N) is 1. The van der Waals surface area contributed by atoms with E-state index in [0.29, 0.717) is 22.6 Å². The van der Waals surface area contributed by atoms with E-state index in [1.165, 1.54) is 6.20 Å². The van der Waals surface area contributed by atoms with Crippen LogP contribution in [0.25, 0.3) is 0 Å². The van der Waals surface area contributed by atoms with Gasteiger partial charge in [-0.2, -0.15) is 5.10 Å². The molecule has 0 radical (unpaired) electrons. The zero-order chi connectivity index (χ0) is 15.4. The van der Waals surface area contributed by atoms with Gasteiger partial charge in [0, 0.05) is 23.0 Å². The molecular formula is C15H18N4O2. The van der Waals surface area contributed by atoms with E-state index < -0.39 is 0 Å². The van der Waals surface area contributed by atoms with Crippen molar-refractivity contribution < 1.29 is 9.59 Å². The van der Waals surface area contributed by atoms with E-state index in [0.717, 1.165) is 0 Å². The van der Waals surface area contributed by atoms with Crippen molar-refractivity contribution in [1.82, 2.24) is 10.2 Å². The molecule has 0 saturated carbocycles. The number of aromatic nitrogens is 2. The molecule has 110 valence electrons. The van der Waals surface area contributed by atoms with Crippen LogP contribution in [-0.2, 0) is 4.79 Å². The molecule has 1 heterocycles. The van der Waals surface area contributed by atoms with Crippen molar-refractivity contribution in [3.63, 3.8) is 0 Å². The molecule has 0 aliphatic carbocycles. The number of hydrogen-bond acceptors (Lipinski definition) is 3. The summed E-state index contributed by atoms with van der Waals surface area (Å²) in [6.07, 6.45) is 1.49. The fraction of sp³-hybridized carbons (Fsp3) is 0.267. The van der Waals surface area contributed by atoms with Gasteiger partial charge in [0.1, 0.15) is 0 Å². The van der Waals surface area contributed by atoms with Gasteiger partial charge < -0.3 is 10.6 Å². The molecule has 1 aromatic heterocycles. The summed E-state index contributed by atoms with van der Waals surface area (Å²) in [5, 5.41) is 12.1. The summed E-state index contributed by atoms with van der Waals surface area (Å²) in [5.74, 6) is -0.338. The molecule has 0 unspecified atom stereocenters. The van der Waals surface area contributed by atoms with E-state index in [-0.39, 0.29) is 17.7 Å². The summed E-state index contributed by atoms with van der Waals surface area (Å²) in [7, 11) is 0. The van der Waals surface area contributed by atoms with Crippen molar-refractivity contribution in [2.45, 2.75) is 20.8 Å². The molecular weight excluding hydrogens is 268 g/mol. The quantitative estimate of drug-likeness (QED) is 0.807. The largest absolute Gasteiger partial charge is 0.326 e. The Morgan fingerprint density at radius 1 is 1.10 bits per heavy atom. The second kappa shape index (κ2) is 6.21. The first-order valence-corrected chi connectivity index (χ1v) is 6.69. The first kappa shape index (κ1) is 14.8. The van der Waals surface area contributed by atoms with Gasteiger partial charge in [-0.15, -0.1) is 0 Å². The summed E-state index contributed by atoms with van der Waals surface area (Å²) >= 11 is 0. The number of nitrogens with one attached hydrogen (secondary N) is 3. The third-order valence-electron chi connectivity index (χ3n) is 3.01. The monoisotopic (exact) mass is 286 g/mol. The van der Waals surface area contributed by atoms with Crippen LogP contribution in [0.3, 0.4) is 0 Å². The van der Waals surface area contributed by atoms with Crippen LogP contribution in [0, 0.1) is 12.8 Å². The summed E-state index contributed by atoms with van der Waals surface area (Å²) in [6, 6.07) is 6.97. The second-order valence-electron chi connectivity index (χ2n) is 5.08. The van der Waals surface area contributed by atoms with Crippen molar-refractivity contribution in [2.24, 2.45) is 5.92 Å². The number of aryl methyl sites for hydroxylation is 1. The van der Waals surface area contributed by atoms with Crippen molar-refractivity contribution >= 4 is 23.2 Å². The van der Waals surface area contributed by atoms with Crippen LogP contribution in [0.4, 0.5) is 11.4 Å². The zero-order valence-electron chi connectivity index (χ0n) is 12.2. The van der Waals surface area contributed by atoms with Crippen molar-refractivity contribution in [1.29, 1.82) is 0 Å². The Labute approximate surface area is 122 Å². The maximum absolute atomic E-state index is 12.0. The van der Waals surface area contributed by atoms with Crippen LogP contribution in [0.15, 0.2) is 30.5 Å². The van der Waals surface area contributed by atoms with Crippen molar-refractivity contribution in [3.8, 4) is 0 Å². The summed E-state index contributed by atoms with van der Waals surface area (Å²) in [5.41, 5.74) is 2.58. The maximum atomic E-state index is 12.0. The summed E-state index contributed by atoms with van der Waals surface area (Å²) in [4.78, 5) is 23.6. The van der Waals surface area contributed by atoms with Gasteiger partial charge in [0.2, 0.25) is 5.91 Å². The highest BCUT2D eigenvalue weighted by atomic mass is 16.2. The van der Waals surface area contributed by atoms with E-state index >= 15 is 0 Å². The molecule has 0 aliphatic heterocycles. The molecule has 6 nitrogen and oxygen atoms in total. The average Bonchev–Trinajstić information content (AvgIpc) is 2.87. The van der Waals surface area contributed by atoms with Crippen molar-refractivity contribution in [3.05, 3.63) is 41.7 Å². The van der Waals surface area contributed by atoms with Gasteiger partial charge in [0.25, 0.3) is 5.91 Å². The van der Waals surface area contributed by atoms with Gasteiger partial charge in [-0.25, -0.2) is 0 Å². The van der Waals surface area contributed by atoms with Crippen LogP contribution < -0.4 is 10.6 Å². The minimum atomic E-state index is -0.222. The van der Waals surface area contributed by atoms with Gasteiger partial charge in [-0.3, -0.25) is 14.7 Å². The lowest BCUT2D eigenvalue weighted by Gasteiger charge is -2.09. The molecule has 0 spiro atoms. The number of aromatic amines is 1. The van der Waals surface area contributed by atoms with Gasteiger partial charge in [0.05, 0.1) is 11.8 Å². The van der Waals surface area contributed by atoms with Crippen LogP contribution in [0.5, 0.6) is 0 Å². The predicted octanol–water partition coefficient (Wildman–Crippen LogP) is 2.56. The Bertz CT molecular complexity index is 644. The number of carbonyl (C=O) groups is 2. The number of carbonyl (C=O) groups excluding carboxylic acids is 2. The predicted molar refractivity (Wildman–Crippen MR) is 81.2 cm³/mol. The fourth-order valence-electron chi connectivity index (χ4n) is 1.70. The molecule has 2 aromatic rings. The first-order valence-electron chi connectivity index (χ1n) is 6.69. The Balaban J connectivity index is 2.01. The van der Waals surface area contributed by atoms with E-state index in [2.05, 4.69) is 20.8 Å². The minimum absolute atomic E-state index is 0.0409. The van der Waals surface area contributed by atoms with Gasteiger partial charge in [-0.1, -0.05) is 13.8 Å². The fourth-order valence-corrected chi connectivity index (χ4v) is 1.70. The molecule has 0 aliphatic rings. The lowest BCUT2D eigenvalue weighted by Crippen LogP contribution is -2.17. The highest BCUT2D eigenvalue weighted by molar-refractivity contribution is 6.05. The summed E-state index contributed by atoms with van der Waals surface area (Å²) < 4.78 is 0. The molecule has 2 rings (SSSR count). The summed E-state index contributed by atoms with van der Waals surface area (Å²) in [6.45, 7) is 5.45. The number of hydrogen-bond donors (Lipinski definition) is 3. The molecule has 3 N–H and O–H groups in total. The van der Waals surface area contributed by atoms with Gasteiger partial charge in [-0.05, 0) is 31.2 Å². The molecule has 0 bridgehead atoms. The lowest BCUT2D eigenvalue weighted by atomic mass is 10.2. The number of rotatable bonds is 4. The normalized spacial score (nSPS) is 10.5. The van der Waals surface area contributed by atoms with E-state index in [9.17, 15) is 9.59 Å². The third-order valence-corrected chi connectivity index (χ3v) is 3.01. The van der Waals surface area contributed by atoms with E-state index in [1.54, 1.807) is 31.2 Å². The number of anilines is 2. The highest BCUT2D eigenvalue weighted by Gasteiger charge is 2.11. The van der Waals surface area contributed by atoms with Crippen LogP contribution >= 0.6 is 0 Å².